The third kappa shape index (κ3) is 2.71. The van der Waals surface area contributed by atoms with Gasteiger partial charge in [0.1, 0.15) is 18.9 Å². The van der Waals surface area contributed by atoms with Crippen LogP contribution in [0.5, 0.6) is 11.5 Å². The third-order valence-electron chi connectivity index (χ3n) is 4.07. The lowest BCUT2D eigenvalue weighted by atomic mass is 10.1. The van der Waals surface area contributed by atoms with E-state index >= 15 is 0 Å². The lowest BCUT2D eigenvalue weighted by molar-refractivity contribution is -0.131. The molecular formula is C19H16N2O4. The standard InChI is InChI=1S/C19H16N2O4/c1-12-3-2-4-17-20-19(14(21(12)17)6-8-18(22)23)13-5-7-15-16(11-13)25-10-9-24-15/h2-8,11H,9-10H2,1H3,(H,22,23)/b8-6+. The van der Waals surface area contributed by atoms with Crippen LogP contribution in [0.15, 0.2) is 42.5 Å². The van der Waals surface area contributed by atoms with E-state index < -0.39 is 5.97 Å². The minimum Gasteiger partial charge on any atom is -0.486 e. The summed E-state index contributed by atoms with van der Waals surface area (Å²) in [5.41, 5.74) is 3.99. The lowest BCUT2D eigenvalue weighted by Gasteiger charge is -2.18. The number of pyridine rings is 1. The van der Waals surface area contributed by atoms with Gasteiger partial charge in [0, 0.05) is 17.3 Å². The van der Waals surface area contributed by atoms with E-state index in [1.165, 1.54) is 0 Å². The van der Waals surface area contributed by atoms with Crippen LogP contribution in [0.3, 0.4) is 0 Å². The van der Waals surface area contributed by atoms with E-state index in [0.29, 0.717) is 36.1 Å². The molecule has 0 fully saturated rings. The van der Waals surface area contributed by atoms with Crippen molar-refractivity contribution >= 4 is 17.7 Å². The molecule has 6 nitrogen and oxygen atoms in total. The van der Waals surface area contributed by atoms with Gasteiger partial charge in [0.25, 0.3) is 0 Å². The molecule has 0 saturated heterocycles. The average molecular weight is 336 g/mol. The summed E-state index contributed by atoms with van der Waals surface area (Å²) in [6.07, 6.45) is 2.69. The Balaban J connectivity index is 1.93. The molecule has 0 bridgehead atoms. The molecule has 0 saturated carbocycles. The second kappa shape index (κ2) is 5.98. The van der Waals surface area contributed by atoms with Gasteiger partial charge in [-0.25, -0.2) is 9.78 Å². The highest BCUT2D eigenvalue weighted by atomic mass is 16.6. The molecule has 1 aliphatic heterocycles. The number of imidazole rings is 1. The first kappa shape index (κ1) is 15.3. The fraction of sp³-hybridized carbons (Fsp3) is 0.158. The Morgan fingerprint density at radius 1 is 1.20 bits per heavy atom. The highest BCUT2D eigenvalue weighted by Crippen LogP contribution is 2.36. The third-order valence-corrected chi connectivity index (χ3v) is 4.07. The van der Waals surface area contributed by atoms with Crippen LogP contribution in [-0.2, 0) is 4.79 Å². The van der Waals surface area contributed by atoms with Crippen molar-refractivity contribution in [2.45, 2.75) is 6.92 Å². The lowest BCUT2D eigenvalue weighted by Crippen LogP contribution is -2.15. The van der Waals surface area contributed by atoms with Crippen LogP contribution in [0.25, 0.3) is 23.0 Å². The van der Waals surface area contributed by atoms with Gasteiger partial charge in [-0.2, -0.15) is 0 Å². The fourth-order valence-electron chi connectivity index (χ4n) is 2.99. The van der Waals surface area contributed by atoms with Crippen molar-refractivity contribution in [1.82, 2.24) is 9.38 Å². The number of carboxylic acids is 1. The zero-order valence-corrected chi connectivity index (χ0v) is 13.6. The molecule has 25 heavy (non-hydrogen) atoms. The quantitative estimate of drug-likeness (QED) is 0.744. The van der Waals surface area contributed by atoms with Crippen molar-refractivity contribution < 1.29 is 19.4 Å². The molecule has 0 aliphatic carbocycles. The minimum absolute atomic E-state index is 0.506. The van der Waals surface area contributed by atoms with Crippen molar-refractivity contribution in [1.29, 1.82) is 0 Å². The number of benzene rings is 1. The van der Waals surface area contributed by atoms with Crippen LogP contribution in [-0.4, -0.2) is 33.7 Å². The van der Waals surface area contributed by atoms with Crippen LogP contribution in [0.2, 0.25) is 0 Å². The van der Waals surface area contributed by atoms with Gasteiger partial charge in [0.15, 0.2) is 11.5 Å². The van der Waals surface area contributed by atoms with Crippen molar-refractivity contribution in [2.24, 2.45) is 0 Å². The molecule has 4 rings (SSSR count). The van der Waals surface area contributed by atoms with Crippen molar-refractivity contribution in [3.63, 3.8) is 0 Å². The SMILES string of the molecule is Cc1cccc2nc(-c3ccc4c(c3)OCCO4)c(/C=C/C(=O)O)n12. The summed E-state index contributed by atoms with van der Waals surface area (Å²) >= 11 is 0. The number of aryl methyl sites for hydroxylation is 1. The predicted octanol–water partition coefficient (Wildman–Crippen LogP) is 3.18. The number of carboxylic acid groups (broad SMARTS) is 1. The van der Waals surface area contributed by atoms with E-state index in [-0.39, 0.29) is 0 Å². The molecule has 3 aromatic rings. The Labute approximate surface area is 144 Å². The maximum atomic E-state index is 11.0. The van der Waals surface area contributed by atoms with Gasteiger partial charge in [0.05, 0.1) is 11.4 Å². The highest BCUT2D eigenvalue weighted by molar-refractivity contribution is 5.87. The number of hydrogen-bond donors (Lipinski definition) is 1. The van der Waals surface area contributed by atoms with Gasteiger partial charge in [-0.1, -0.05) is 6.07 Å². The van der Waals surface area contributed by atoms with Crippen LogP contribution in [0.1, 0.15) is 11.4 Å². The van der Waals surface area contributed by atoms with Crippen LogP contribution >= 0.6 is 0 Å². The van der Waals surface area contributed by atoms with E-state index in [1.54, 1.807) is 6.08 Å². The Kier molecular flexibility index (Phi) is 3.65. The first-order valence-corrected chi connectivity index (χ1v) is 7.92. The van der Waals surface area contributed by atoms with Gasteiger partial charge >= 0.3 is 5.97 Å². The van der Waals surface area contributed by atoms with E-state index in [0.717, 1.165) is 23.0 Å². The van der Waals surface area contributed by atoms with Gasteiger partial charge in [0.2, 0.25) is 0 Å². The molecule has 0 amide bonds. The van der Waals surface area contributed by atoms with Crippen LogP contribution < -0.4 is 9.47 Å². The number of rotatable bonds is 3. The zero-order chi connectivity index (χ0) is 17.4. The highest BCUT2D eigenvalue weighted by Gasteiger charge is 2.17. The Morgan fingerprint density at radius 2 is 2.00 bits per heavy atom. The molecule has 126 valence electrons. The molecule has 0 spiro atoms. The molecule has 0 unspecified atom stereocenters. The molecule has 0 radical (unpaired) electrons. The average Bonchev–Trinajstić information content (AvgIpc) is 2.99. The van der Waals surface area contributed by atoms with Crippen molar-refractivity contribution in [3.05, 3.63) is 53.9 Å². The Morgan fingerprint density at radius 3 is 2.80 bits per heavy atom. The number of aliphatic carboxylic acids is 1. The number of aromatic nitrogens is 2. The smallest absolute Gasteiger partial charge is 0.328 e. The molecule has 1 aliphatic rings. The monoisotopic (exact) mass is 336 g/mol. The summed E-state index contributed by atoms with van der Waals surface area (Å²) in [7, 11) is 0. The van der Waals surface area contributed by atoms with Gasteiger partial charge < -0.3 is 14.6 Å². The summed E-state index contributed by atoms with van der Waals surface area (Å²) in [6, 6.07) is 11.4. The molecule has 0 atom stereocenters. The molecule has 1 aromatic carbocycles. The number of hydrogen-bond acceptors (Lipinski definition) is 4. The van der Waals surface area contributed by atoms with Crippen molar-refractivity contribution in [2.75, 3.05) is 13.2 Å². The number of ether oxygens (including phenoxy) is 2. The summed E-state index contributed by atoms with van der Waals surface area (Å²) in [5, 5.41) is 9.02. The number of carbonyl (C=O) groups is 1. The van der Waals surface area contributed by atoms with Crippen LogP contribution in [0.4, 0.5) is 0 Å². The van der Waals surface area contributed by atoms with E-state index in [1.807, 2.05) is 47.7 Å². The Bertz CT molecular complexity index is 1000. The molecule has 1 N–H and O–H groups in total. The maximum absolute atomic E-state index is 11.0. The molecular weight excluding hydrogens is 320 g/mol. The number of nitrogens with zero attached hydrogens (tertiary/aromatic N) is 2. The van der Waals surface area contributed by atoms with Gasteiger partial charge in [-0.15, -0.1) is 0 Å². The second-order valence-electron chi connectivity index (χ2n) is 5.74. The predicted molar refractivity (Wildman–Crippen MR) is 93.0 cm³/mol. The summed E-state index contributed by atoms with van der Waals surface area (Å²) < 4.78 is 13.1. The summed E-state index contributed by atoms with van der Waals surface area (Å²) in [5.74, 6) is 0.375. The van der Waals surface area contributed by atoms with Crippen LogP contribution in [0, 0.1) is 6.92 Å². The van der Waals surface area contributed by atoms with Gasteiger partial charge in [-0.3, -0.25) is 4.40 Å². The summed E-state index contributed by atoms with van der Waals surface area (Å²) in [4.78, 5) is 15.7. The van der Waals surface area contributed by atoms with E-state index in [9.17, 15) is 4.79 Å². The van der Waals surface area contributed by atoms with E-state index in [4.69, 9.17) is 19.6 Å². The number of fused-ring (bicyclic) bond motifs is 2. The Hall–Kier alpha value is -3.28. The topological polar surface area (TPSA) is 73.1 Å². The van der Waals surface area contributed by atoms with E-state index in [2.05, 4.69) is 0 Å². The second-order valence-corrected chi connectivity index (χ2v) is 5.74. The first-order valence-electron chi connectivity index (χ1n) is 7.92. The largest absolute Gasteiger partial charge is 0.486 e. The van der Waals surface area contributed by atoms with Crippen molar-refractivity contribution in [3.8, 4) is 22.8 Å². The normalized spacial score (nSPS) is 13.5. The summed E-state index contributed by atoms with van der Waals surface area (Å²) in [6.45, 7) is 3.00. The minimum atomic E-state index is -1.00. The van der Waals surface area contributed by atoms with Gasteiger partial charge in [-0.05, 0) is 43.3 Å². The molecule has 2 aromatic heterocycles. The first-order chi connectivity index (χ1) is 12.1. The molecule has 6 heteroatoms. The maximum Gasteiger partial charge on any atom is 0.328 e. The zero-order valence-electron chi connectivity index (χ0n) is 13.6. The molecule has 3 heterocycles. The fourth-order valence-corrected chi connectivity index (χ4v) is 2.99.